The second-order valence-corrected chi connectivity index (χ2v) is 22.3. The number of ether oxygens (including phenoxy) is 6. The van der Waals surface area contributed by atoms with Crippen LogP contribution in [0.4, 0.5) is 11.6 Å². The van der Waals surface area contributed by atoms with Crippen LogP contribution in [0.15, 0.2) is 146 Å². The van der Waals surface area contributed by atoms with Crippen LogP contribution in [-0.4, -0.2) is 141 Å². The second kappa shape index (κ2) is 34.6. The van der Waals surface area contributed by atoms with E-state index >= 15 is 0 Å². The number of hydrogen-bond acceptors (Lipinski definition) is 20. The van der Waals surface area contributed by atoms with Crippen molar-refractivity contribution >= 4 is 96.1 Å². The molecule has 6 aromatic carbocycles. The zero-order valence-electron chi connectivity index (χ0n) is 60.0. The molecule has 4 N–H and O–H groups in total. The van der Waals surface area contributed by atoms with Gasteiger partial charge in [-0.05, 0) is 118 Å². The third-order valence-corrected chi connectivity index (χ3v) is 16.1. The quantitative estimate of drug-likeness (QED) is 0.0846. The predicted molar refractivity (Wildman–Crippen MR) is 398 cm³/mol. The smallest absolute Gasteiger partial charge is 0.205 e. The number of hydrogen-bond donors (Lipinski definition) is 3. The van der Waals surface area contributed by atoms with E-state index < -0.39 is 0 Å². The summed E-state index contributed by atoms with van der Waals surface area (Å²) >= 11 is 0. The molecule has 526 valence electrons. The number of aryl methyl sites for hydroxylation is 8. The number of imidazole rings is 7. The molecule has 0 aliphatic heterocycles. The number of fused-ring (bicyclic) bond motifs is 7. The summed E-state index contributed by atoms with van der Waals surface area (Å²) in [5.74, 6) is 10.6. The van der Waals surface area contributed by atoms with Gasteiger partial charge in [0.2, 0.25) is 7.05 Å². The summed E-state index contributed by atoms with van der Waals surface area (Å²) < 4.78 is 42.3. The number of aromatic amines is 1. The van der Waals surface area contributed by atoms with Crippen LogP contribution in [-0.2, 0) is 35.2 Å². The summed E-state index contributed by atoms with van der Waals surface area (Å²) in [5.41, 5.74) is 19.3. The number of carbonyl (C=O) groups is 2. The number of methoxy groups -OCH3 is 6. The van der Waals surface area contributed by atoms with Gasteiger partial charge in [0, 0.05) is 91.1 Å². The first-order valence-electron chi connectivity index (χ1n) is 31.5. The Bertz CT molecular complexity index is 5610. The van der Waals surface area contributed by atoms with Crippen LogP contribution >= 0.6 is 0 Å². The minimum atomic E-state index is 0.383. The number of benzene rings is 6. The van der Waals surface area contributed by atoms with Crippen molar-refractivity contribution in [3.8, 4) is 58.2 Å². The lowest BCUT2D eigenvalue weighted by molar-refractivity contribution is 0.110. The number of nitrogens with zero attached hydrogens (tertiary/aromatic N) is 17. The Kier molecular flexibility index (Phi) is 25.2. The van der Waals surface area contributed by atoms with E-state index in [0.717, 1.165) is 148 Å². The van der Waals surface area contributed by atoms with Gasteiger partial charge in [-0.3, -0.25) is 14.0 Å². The summed E-state index contributed by atoms with van der Waals surface area (Å²) in [6.07, 6.45) is 4.83. The SMILES string of the molecule is CNc1c(-c2nc3ccc(OC)cc3n2C)nc2cc(C#N)ccn12.COc1ccc2c(c1)nc(C)n2C.COc1ccc2c(c1)nc(C=O)n2C.COc1ccc2nc(C)[nH]c2c1.COc1ccc2nc(C)n(C)c2c1.COc1ccc2nc(C=O)n(C)c2c1.N#Cc1ccnc(N)c1.[C-]#[N+]C. The van der Waals surface area contributed by atoms with Crippen molar-refractivity contribution in [2.45, 2.75) is 20.8 Å². The summed E-state index contributed by atoms with van der Waals surface area (Å²) in [4.78, 5) is 61.7. The van der Waals surface area contributed by atoms with Gasteiger partial charge in [0.15, 0.2) is 30.0 Å². The molecular formula is C75H78N20O8. The number of nitrogens with two attached hydrogens (primary N) is 1. The minimum absolute atomic E-state index is 0.383. The summed E-state index contributed by atoms with van der Waals surface area (Å²) in [6, 6.07) is 45.2. The highest BCUT2D eigenvalue weighted by Gasteiger charge is 2.20. The molecule has 0 aliphatic carbocycles. The Balaban J connectivity index is 0.000000155. The van der Waals surface area contributed by atoms with Crippen LogP contribution in [0, 0.1) is 50.0 Å². The van der Waals surface area contributed by atoms with E-state index in [4.69, 9.17) is 61.2 Å². The number of anilines is 2. The normalized spacial score (nSPS) is 10.2. The fraction of sp³-hybridized carbons (Fsp3) is 0.213. The Labute approximate surface area is 593 Å². The standard InChI is InChI=1S/C18H16N6O.2C10H10N2O2.2C10H12N2O.C9H10N2O.C6H5N3.C2H3N/c1-20-17-16(22-15-8-11(10-19)6-7-24(15)17)18-21-13-5-4-12(25-3)9-14(13)23(18)2;1-12-9-4-3-7(14-2)5-8(9)11-10(12)6-13;1-12-9-5-7(14-2)3-4-8(9)11-10(12)6-13;1-7-11-9-6-8(13-3)4-5-10(9)12(7)2;1-7-11-9-5-4-8(13-3)6-10(9)12(7)2;1-6-10-8-4-3-7(12-2)5-9(8)11-6;7-4-5-1-2-9-6(8)3-5;1-3-2/h4-9,20H,1-3H3;2*3-6H,1-2H3;2*4-6H,1-3H3;3-5H,1-2H3,(H,10,11);1-3H,(H2,8,9);1H3. The molecule has 0 saturated heterocycles. The second-order valence-electron chi connectivity index (χ2n) is 22.3. The molecule has 9 heterocycles. The summed E-state index contributed by atoms with van der Waals surface area (Å²) in [7, 11) is 22.7. The van der Waals surface area contributed by atoms with Gasteiger partial charge in [-0.25, -0.2) is 46.4 Å². The van der Waals surface area contributed by atoms with Gasteiger partial charge in [0.25, 0.3) is 0 Å². The van der Waals surface area contributed by atoms with Gasteiger partial charge in [0.1, 0.15) is 74.9 Å². The molecule has 0 saturated carbocycles. The molecule has 0 unspecified atom stereocenters. The number of nitrogen functional groups attached to an aromatic ring is 1. The molecule has 9 aromatic heterocycles. The maximum absolute atomic E-state index is 10.6. The monoisotopic (exact) mass is 1390 g/mol. The Hall–Kier alpha value is -13.8. The Morgan fingerprint density at radius 2 is 0.913 bits per heavy atom. The van der Waals surface area contributed by atoms with Crippen molar-refractivity contribution in [3.05, 3.63) is 198 Å². The molecule has 0 radical (unpaired) electrons. The fourth-order valence-corrected chi connectivity index (χ4v) is 10.5. The van der Waals surface area contributed by atoms with Crippen molar-refractivity contribution in [2.24, 2.45) is 35.2 Å². The van der Waals surface area contributed by atoms with Gasteiger partial charge in [-0.15, -0.1) is 0 Å². The van der Waals surface area contributed by atoms with Crippen LogP contribution in [0.3, 0.4) is 0 Å². The molecule has 0 spiro atoms. The van der Waals surface area contributed by atoms with Gasteiger partial charge in [0.05, 0.1) is 132 Å². The molecule has 103 heavy (non-hydrogen) atoms. The highest BCUT2D eigenvalue weighted by Crippen LogP contribution is 2.32. The average molecular weight is 1390 g/mol. The molecule has 0 bridgehead atoms. The lowest BCUT2D eigenvalue weighted by Crippen LogP contribution is -1.99. The largest absolute Gasteiger partial charge is 0.497 e. The first-order chi connectivity index (χ1) is 49.6. The Morgan fingerprint density at radius 3 is 1.42 bits per heavy atom. The highest BCUT2D eigenvalue weighted by molar-refractivity contribution is 5.87. The van der Waals surface area contributed by atoms with Crippen LogP contribution in [0.1, 0.15) is 49.8 Å². The van der Waals surface area contributed by atoms with Crippen LogP contribution < -0.4 is 39.5 Å². The molecule has 15 rings (SSSR count). The number of H-pyrrole nitrogens is 1. The van der Waals surface area contributed by atoms with E-state index in [2.05, 4.69) is 60.3 Å². The lowest BCUT2D eigenvalue weighted by atomic mass is 10.3. The van der Waals surface area contributed by atoms with Crippen LogP contribution in [0.25, 0.3) is 88.2 Å². The number of carbonyl (C=O) groups excluding carboxylic acids is 2. The van der Waals surface area contributed by atoms with E-state index in [9.17, 15) is 9.59 Å². The zero-order chi connectivity index (χ0) is 74.6. The van der Waals surface area contributed by atoms with E-state index in [-0.39, 0.29) is 0 Å². The summed E-state index contributed by atoms with van der Waals surface area (Å²) in [5, 5.41) is 20.6. The molecule has 15 aromatic rings. The molecule has 28 heteroatoms. The van der Waals surface area contributed by atoms with Crippen molar-refractivity contribution < 1.29 is 38.0 Å². The van der Waals surface area contributed by atoms with E-state index in [1.165, 1.54) is 19.3 Å². The molecular weight excluding hydrogens is 1310 g/mol. The number of pyridine rings is 2. The van der Waals surface area contributed by atoms with Crippen molar-refractivity contribution in [1.29, 1.82) is 10.5 Å². The number of aromatic nitrogens is 15. The van der Waals surface area contributed by atoms with E-state index in [0.29, 0.717) is 34.2 Å². The van der Waals surface area contributed by atoms with Crippen LogP contribution in [0.2, 0.25) is 0 Å². The topological polar surface area (TPSA) is 327 Å². The van der Waals surface area contributed by atoms with Gasteiger partial charge in [-0.1, -0.05) is 0 Å². The summed E-state index contributed by atoms with van der Waals surface area (Å²) in [6.45, 7) is 11.8. The number of nitrogens with one attached hydrogen (secondary N) is 2. The maximum Gasteiger partial charge on any atom is 0.205 e. The minimum Gasteiger partial charge on any atom is -0.497 e. The number of nitriles is 2. The third kappa shape index (κ3) is 17.6. The van der Waals surface area contributed by atoms with Crippen molar-refractivity contribution in [1.82, 2.24) is 72.1 Å². The molecule has 0 fully saturated rings. The van der Waals surface area contributed by atoms with E-state index in [1.807, 2.05) is 186 Å². The van der Waals surface area contributed by atoms with Crippen molar-refractivity contribution in [3.63, 3.8) is 0 Å². The highest BCUT2D eigenvalue weighted by atomic mass is 16.5. The first kappa shape index (κ1) is 75.0. The van der Waals surface area contributed by atoms with Crippen molar-refractivity contribution in [2.75, 3.05) is 67.8 Å². The maximum atomic E-state index is 10.6. The number of rotatable bonds is 10. The predicted octanol–water partition coefficient (Wildman–Crippen LogP) is 12.3. The van der Waals surface area contributed by atoms with Gasteiger partial charge < -0.3 is 72.1 Å². The lowest BCUT2D eigenvalue weighted by Gasteiger charge is -2.04. The van der Waals surface area contributed by atoms with Crippen LogP contribution in [0.5, 0.6) is 34.5 Å². The molecule has 28 nitrogen and oxygen atoms in total. The molecule has 0 atom stereocenters. The van der Waals surface area contributed by atoms with Gasteiger partial charge in [-0.2, -0.15) is 10.5 Å². The fourth-order valence-electron chi connectivity index (χ4n) is 10.5. The number of aldehydes is 2. The Morgan fingerprint density at radius 1 is 0.495 bits per heavy atom. The molecule has 0 aliphatic rings. The first-order valence-corrected chi connectivity index (χ1v) is 31.5. The zero-order valence-corrected chi connectivity index (χ0v) is 60.0. The van der Waals surface area contributed by atoms with E-state index in [1.54, 1.807) is 77.0 Å². The molecule has 0 amide bonds. The van der Waals surface area contributed by atoms with Gasteiger partial charge >= 0.3 is 0 Å². The average Bonchev–Trinajstić information content (AvgIpc) is 1.60. The third-order valence-electron chi connectivity index (χ3n) is 16.1.